The van der Waals surface area contributed by atoms with Crippen LogP contribution in [0.3, 0.4) is 0 Å². The van der Waals surface area contributed by atoms with Crippen molar-refractivity contribution in [3.63, 3.8) is 0 Å². The molecule has 2 nitrogen and oxygen atoms in total. The SMILES string of the molecule is COc1ccc(CCN2CCC(C)C(Cl)C2)cc1. The molecule has 1 aromatic carbocycles. The van der Waals surface area contributed by atoms with E-state index in [1.165, 1.54) is 18.5 Å². The zero-order chi connectivity index (χ0) is 13.0. The van der Waals surface area contributed by atoms with Crippen LogP contribution < -0.4 is 4.74 Å². The van der Waals surface area contributed by atoms with Crippen LogP contribution in [0.2, 0.25) is 0 Å². The minimum Gasteiger partial charge on any atom is -0.497 e. The van der Waals surface area contributed by atoms with Crippen molar-refractivity contribution in [1.82, 2.24) is 4.90 Å². The number of halogens is 1. The van der Waals surface area contributed by atoms with E-state index in [9.17, 15) is 0 Å². The van der Waals surface area contributed by atoms with E-state index in [0.29, 0.717) is 11.3 Å². The Balaban J connectivity index is 1.80. The molecule has 0 N–H and O–H groups in total. The van der Waals surface area contributed by atoms with Gasteiger partial charge in [-0.3, -0.25) is 0 Å². The largest absolute Gasteiger partial charge is 0.497 e. The molecule has 0 spiro atoms. The summed E-state index contributed by atoms with van der Waals surface area (Å²) in [6, 6.07) is 8.34. The molecule has 3 heteroatoms. The Kier molecular flexibility index (Phi) is 4.90. The molecule has 18 heavy (non-hydrogen) atoms. The molecule has 1 aliphatic heterocycles. The fraction of sp³-hybridized carbons (Fsp3) is 0.600. The molecule has 0 aliphatic carbocycles. The van der Waals surface area contributed by atoms with Crippen molar-refractivity contribution in [3.05, 3.63) is 29.8 Å². The van der Waals surface area contributed by atoms with Crippen LogP contribution in [0.25, 0.3) is 0 Å². The molecule has 1 saturated heterocycles. The first-order chi connectivity index (χ1) is 8.69. The highest BCUT2D eigenvalue weighted by atomic mass is 35.5. The predicted molar refractivity (Wildman–Crippen MR) is 76.6 cm³/mol. The molecule has 1 aliphatic rings. The third-order valence-electron chi connectivity index (χ3n) is 3.83. The number of likely N-dealkylation sites (tertiary alicyclic amines) is 1. The summed E-state index contributed by atoms with van der Waals surface area (Å²) in [5, 5.41) is 0.314. The quantitative estimate of drug-likeness (QED) is 0.777. The smallest absolute Gasteiger partial charge is 0.118 e. The summed E-state index contributed by atoms with van der Waals surface area (Å²) in [6.45, 7) is 5.56. The Morgan fingerprint density at radius 1 is 1.33 bits per heavy atom. The lowest BCUT2D eigenvalue weighted by Gasteiger charge is -2.33. The van der Waals surface area contributed by atoms with Gasteiger partial charge in [-0.1, -0.05) is 19.1 Å². The van der Waals surface area contributed by atoms with E-state index in [-0.39, 0.29) is 0 Å². The number of nitrogens with zero attached hydrogens (tertiary/aromatic N) is 1. The van der Waals surface area contributed by atoms with Gasteiger partial charge in [0, 0.05) is 18.5 Å². The Hall–Kier alpha value is -0.730. The van der Waals surface area contributed by atoms with E-state index in [0.717, 1.165) is 25.3 Å². The molecule has 0 amide bonds. The van der Waals surface area contributed by atoms with Crippen LogP contribution >= 0.6 is 11.6 Å². The van der Waals surface area contributed by atoms with Crippen molar-refractivity contribution in [3.8, 4) is 5.75 Å². The number of rotatable bonds is 4. The molecule has 1 fully saturated rings. The predicted octanol–water partition coefficient (Wildman–Crippen LogP) is 3.19. The zero-order valence-corrected chi connectivity index (χ0v) is 12.0. The molecular formula is C15H22ClNO. The lowest BCUT2D eigenvalue weighted by atomic mass is 9.98. The molecule has 0 radical (unpaired) electrons. The molecule has 2 atom stereocenters. The van der Waals surface area contributed by atoms with Gasteiger partial charge in [0.25, 0.3) is 0 Å². The summed E-state index contributed by atoms with van der Waals surface area (Å²) in [5.74, 6) is 1.58. The maximum absolute atomic E-state index is 6.32. The molecule has 1 aromatic rings. The molecular weight excluding hydrogens is 246 g/mol. The summed E-state index contributed by atoms with van der Waals surface area (Å²) < 4.78 is 5.16. The first-order valence-corrected chi connectivity index (χ1v) is 7.12. The molecule has 2 rings (SSSR count). The Morgan fingerprint density at radius 2 is 2.06 bits per heavy atom. The van der Waals surface area contributed by atoms with E-state index in [4.69, 9.17) is 16.3 Å². The average Bonchev–Trinajstić information content (AvgIpc) is 2.41. The van der Waals surface area contributed by atoms with Crippen molar-refractivity contribution < 1.29 is 4.74 Å². The summed E-state index contributed by atoms with van der Waals surface area (Å²) in [5.41, 5.74) is 1.36. The van der Waals surface area contributed by atoms with Gasteiger partial charge in [-0.25, -0.2) is 0 Å². The minimum atomic E-state index is 0.314. The summed E-state index contributed by atoms with van der Waals surface area (Å²) in [4.78, 5) is 2.47. The topological polar surface area (TPSA) is 12.5 Å². The fourth-order valence-electron chi connectivity index (χ4n) is 2.37. The standard InChI is InChI=1S/C15H22ClNO/c1-12-7-9-17(11-15(12)16)10-8-13-3-5-14(18-2)6-4-13/h3-6,12,15H,7-11H2,1-2H3. The van der Waals surface area contributed by atoms with Crippen molar-refractivity contribution in [2.75, 3.05) is 26.7 Å². The number of alkyl halides is 1. The van der Waals surface area contributed by atoms with Crippen LogP contribution in [0.4, 0.5) is 0 Å². The highest BCUT2D eigenvalue weighted by Gasteiger charge is 2.23. The number of piperidine rings is 1. The first-order valence-electron chi connectivity index (χ1n) is 6.68. The third-order valence-corrected chi connectivity index (χ3v) is 4.39. The van der Waals surface area contributed by atoms with Crippen LogP contribution in [-0.2, 0) is 6.42 Å². The maximum atomic E-state index is 6.32. The van der Waals surface area contributed by atoms with Gasteiger partial charge < -0.3 is 9.64 Å². The molecule has 0 aromatic heterocycles. The number of ether oxygens (including phenoxy) is 1. The van der Waals surface area contributed by atoms with E-state index in [1.807, 2.05) is 12.1 Å². The van der Waals surface area contributed by atoms with Gasteiger partial charge >= 0.3 is 0 Å². The second kappa shape index (κ2) is 6.44. The van der Waals surface area contributed by atoms with Gasteiger partial charge in [0.1, 0.15) is 5.75 Å². The van der Waals surface area contributed by atoms with Gasteiger partial charge in [0.05, 0.1) is 7.11 Å². The third kappa shape index (κ3) is 3.63. The lowest BCUT2D eigenvalue weighted by molar-refractivity contribution is 0.198. The van der Waals surface area contributed by atoms with Crippen LogP contribution in [-0.4, -0.2) is 37.0 Å². The number of hydrogen-bond acceptors (Lipinski definition) is 2. The molecule has 0 saturated carbocycles. The van der Waals surface area contributed by atoms with E-state index >= 15 is 0 Å². The van der Waals surface area contributed by atoms with Crippen LogP contribution in [0, 0.1) is 5.92 Å². The van der Waals surface area contributed by atoms with Crippen LogP contribution in [0.1, 0.15) is 18.9 Å². The Labute approximate surface area is 115 Å². The van der Waals surface area contributed by atoms with E-state index in [2.05, 4.69) is 24.0 Å². The van der Waals surface area contributed by atoms with Gasteiger partial charge in [-0.05, 0) is 43.0 Å². The summed E-state index contributed by atoms with van der Waals surface area (Å²) in [7, 11) is 1.70. The minimum absolute atomic E-state index is 0.314. The number of hydrogen-bond donors (Lipinski definition) is 0. The molecule has 0 bridgehead atoms. The Bertz CT molecular complexity index is 365. The van der Waals surface area contributed by atoms with E-state index < -0.39 is 0 Å². The highest BCUT2D eigenvalue weighted by molar-refractivity contribution is 6.21. The molecule has 100 valence electrons. The highest BCUT2D eigenvalue weighted by Crippen LogP contribution is 2.22. The molecule has 2 unspecified atom stereocenters. The zero-order valence-electron chi connectivity index (χ0n) is 11.2. The van der Waals surface area contributed by atoms with E-state index in [1.54, 1.807) is 7.11 Å². The van der Waals surface area contributed by atoms with Gasteiger partial charge in [0.2, 0.25) is 0 Å². The summed E-state index contributed by atoms with van der Waals surface area (Å²) in [6.07, 6.45) is 2.30. The lowest BCUT2D eigenvalue weighted by Crippen LogP contribution is -2.41. The summed E-state index contributed by atoms with van der Waals surface area (Å²) >= 11 is 6.32. The Morgan fingerprint density at radius 3 is 2.67 bits per heavy atom. The number of benzene rings is 1. The maximum Gasteiger partial charge on any atom is 0.118 e. The second-order valence-corrected chi connectivity index (χ2v) is 5.74. The normalized spacial score (nSPS) is 25.1. The van der Waals surface area contributed by atoms with Gasteiger partial charge in [-0.15, -0.1) is 11.6 Å². The number of methoxy groups -OCH3 is 1. The van der Waals surface area contributed by atoms with Crippen molar-refractivity contribution >= 4 is 11.6 Å². The fourth-order valence-corrected chi connectivity index (χ4v) is 2.69. The second-order valence-electron chi connectivity index (χ2n) is 5.18. The van der Waals surface area contributed by atoms with Crippen molar-refractivity contribution in [2.45, 2.75) is 25.1 Å². The van der Waals surface area contributed by atoms with Gasteiger partial charge in [-0.2, -0.15) is 0 Å². The first kappa shape index (κ1) is 13.7. The monoisotopic (exact) mass is 267 g/mol. The van der Waals surface area contributed by atoms with Crippen molar-refractivity contribution in [2.24, 2.45) is 5.92 Å². The molecule has 1 heterocycles. The van der Waals surface area contributed by atoms with Crippen molar-refractivity contribution in [1.29, 1.82) is 0 Å². The van der Waals surface area contributed by atoms with Crippen LogP contribution in [0.5, 0.6) is 5.75 Å². The van der Waals surface area contributed by atoms with Gasteiger partial charge in [0.15, 0.2) is 0 Å². The average molecular weight is 268 g/mol. The van der Waals surface area contributed by atoms with Crippen LogP contribution in [0.15, 0.2) is 24.3 Å².